The molecule has 2 rings (SSSR count). The summed E-state index contributed by atoms with van der Waals surface area (Å²) >= 11 is 1.81. The molecule has 1 aromatic rings. The normalized spacial score (nSPS) is 17.6. The number of thiazole rings is 1. The third-order valence-electron chi connectivity index (χ3n) is 3.93. The van der Waals surface area contributed by atoms with Crippen LogP contribution in [0.4, 0.5) is 5.13 Å². The molecule has 20 heavy (non-hydrogen) atoms. The van der Waals surface area contributed by atoms with Crippen molar-refractivity contribution in [3.8, 4) is 0 Å². The van der Waals surface area contributed by atoms with E-state index >= 15 is 0 Å². The van der Waals surface area contributed by atoms with Crippen molar-refractivity contribution in [3.63, 3.8) is 0 Å². The zero-order valence-electron chi connectivity index (χ0n) is 13.1. The Hall–Kier alpha value is -0.650. The van der Waals surface area contributed by atoms with E-state index in [0.717, 1.165) is 24.8 Å². The summed E-state index contributed by atoms with van der Waals surface area (Å²) < 4.78 is 0. The minimum absolute atomic E-state index is 0.548. The van der Waals surface area contributed by atoms with Gasteiger partial charge in [-0.25, -0.2) is 4.98 Å². The maximum absolute atomic E-state index is 4.53. The van der Waals surface area contributed by atoms with Crippen molar-refractivity contribution in [2.75, 3.05) is 37.6 Å². The van der Waals surface area contributed by atoms with Gasteiger partial charge >= 0.3 is 0 Å². The van der Waals surface area contributed by atoms with Gasteiger partial charge in [0.15, 0.2) is 5.13 Å². The van der Waals surface area contributed by atoms with Crippen LogP contribution in [0.5, 0.6) is 0 Å². The molecule has 5 heteroatoms. The summed E-state index contributed by atoms with van der Waals surface area (Å²) in [5.41, 5.74) is 0. The molecule has 1 fully saturated rings. The molecule has 0 radical (unpaired) electrons. The van der Waals surface area contributed by atoms with Crippen molar-refractivity contribution in [2.24, 2.45) is 0 Å². The van der Waals surface area contributed by atoms with Gasteiger partial charge in [0.2, 0.25) is 0 Å². The van der Waals surface area contributed by atoms with Crippen LogP contribution < -0.4 is 10.2 Å². The number of nitrogens with one attached hydrogen (secondary N) is 1. The topological polar surface area (TPSA) is 31.4 Å². The first-order chi connectivity index (χ1) is 9.72. The average Bonchev–Trinajstić information content (AvgIpc) is 3.10. The van der Waals surface area contributed by atoms with E-state index < -0.39 is 0 Å². The second-order valence-electron chi connectivity index (χ2n) is 5.57. The highest BCUT2D eigenvalue weighted by atomic mass is 32.1. The number of rotatable bonds is 8. The van der Waals surface area contributed by atoms with Crippen molar-refractivity contribution in [1.29, 1.82) is 0 Å². The van der Waals surface area contributed by atoms with Crippen LogP contribution in [0.25, 0.3) is 0 Å². The van der Waals surface area contributed by atoms with Gasteiger partial charge in [-0.15, -0.1) is 11.3 Å². The molecule has 1 atom stereocenters. The molecule has 1 N–H and O–H groups in total. The van der Waals surface area contributed by atoms with Crippen molar-refractivity contribution in [2.45, 2.75) is 46.2 Å². The van der Waals surface area contributed by atoms with Crippen LogP contribution in [0.3, 0.4) is 0 Å². The molecule has 1 aliphatic heterocycles. The lowest BCUT2D eigenvalue weighted by Gasteiger charge is -2.21. The summed E-state index contributed by atoms with van der Waals surface area (Å²) in [7, 11) is 0. The zero-order valence-corrected chi connectivity index (χ0v) is 13.9. The van der Waals surface area contributed by atoms with E-state index in [-0.39, 0.29) is 0 Å². The van der Waals surface area contributed by atoms with Crippen LogP contribution in [0.15, 0.2) is 6.20 Å². The molecule has 4 nitrogen and oxygen atoms in total. The van der Waals surface area contributed by atoms with Gasteiger partial charge in [0.1, 0.15) is 0 Å². The third-order valence-corrected chi connectivity index (χ3v) is 4.99. The monoisotopic (exact) mass is 296 g/mol. The van der Waals surface area contributed by atoms with Crippen LogP contribution in [-0.4, -0.2) is 48.6 Å². The fourth-order valence-corrected chi connectivity index (χ4v) is 3.70. The number of aromatic nitrogens is 1. The van der Waals surface area contributed by atoms with Crippen LogP contribution in [-0.2, 0) is 6.54 Å². The van der Waals surface area contributed by atoms with E-state index in [0.29, 0.717) is 6.04 Å². The molecule has 1 aliphatic rings. The predicted molar refractivity (Wildman–Crippen MR) is 87.7 cm³/mol. The van der Waals surface area contributed by atoms with Gasteiger partial charge in [0, 0.05) is 43.3 Å². The molecule has 0 saturated carbocycles. The first kappa shape index (κ1) is 15.7. The summed E-state index contributed by atoms with van der Waals surface area (Å²) in [6.45, 7) is 13.4. The number of anilines is 1. The molecule has 0 amide bonds. The second kappa shape index (κ2) is 7.96. The van der Waals surface area contributed by atoms with Gasteiger partial charge < -0.3 is 15.1 Å². The molecule has 0 spiro atoms. The number of likely N-dealkylation sites (tertiary alicyclic amines) is 1. The van der Waals surface area contributed by atoms with Crippen LogP contribution in [0.2, 0.25) is 0 Å². The molecular formula is C15H28N4S. The van der Waals surface area contributed by atoms with E-state index in [1.54, 1.807) is 0 Å². The lowest BCUT2D eigenvalue weighted by molar-refractivity contribution is 0.298. The van der Waals surface area contributed by atoms with E-state index in [9.17, 15) is 0 Å². The quantitative estimate of drug-likeness (QED) is 0.799. The summed E-state index contributed by atoms with van der Waals surface area (Å²) in [5.74, 6) is 0. The van der Waals surface area contributed by atoms with Gasteiger partial charge in [0.05, 0.1) is 0 Å². The third kappa shape index (κ3) is 4.43. The first-order valence-corrected chi connectivity index (χ1v) is 8.70. The average molecular weight is 296 g/mol. The summed E-state index contributed by atoms with van der Waals surface area (Å²) in [5, 5.41) is 4.78. The fraction of sp³-hybridized carbons (Fsp3) is 0.800. The Balaban J connectivity index is 1.75. The maximum atomic E-state index is 4.53. The smallest absolute Gasteiger partial charge is 0.185 e. The van der Waals surface area contributed by atoms with Crippen LogP contribution >= 0.6 is 11.3 Å². The zero-order chi connectivity index (χ0) is 14.4. The van der Waals surface area contributed by atoms with E-state index in [2.05, 4.69) is 40.9 Å². The minimum atomic E-state index is 0.548. The van der Waals surface area contributed by atoms with Crippen LogP contribution in [0.1, 0.15) is 38.5 Å². The standard InChI is InChI=1S/C15H28N4S/c1-4-19(5-2)15-17-11-14(20-15)10-16-13(3)12-18-8-6-7-9-18/h11,13,16H,4-10,12H2,1-3H3. The highest BCUT2D eigenvalue weighted by Gasteiger charge is 2.14. The molecule has 0 aromatic carbocycles. The Bertz CT molecular complexity index is 383. The van der Waals surface area contributed by atoms with Crippen molar-refractivity contribution >= 4 is 16.5 Å². The fourth-order valence-electron chi connectivity index (χ4n) is 2.71. The van der Waals surface area contributed by atoms with E-state index in [1.165, 1.54) is 37.4 Å². The Morgan fingerprint density at radius 2 is 2.05 bits per heavy atom. The van der Waals surface area contributed by atoms with E-state index in [1.807, 2.05) is 17.5 Å². The highest BCUT2D eigenvalue weighted by Crippen LogP contribution is 2.22. The molecule has 114 valence electrons. The number of hydrogen-bond donors (Lipinski definition) is 1. The molecule has 1 aromatic heterocycles. The van der Waals surface area contributed by atoms with Crippen molar-refractivity contribution in [1.82, 2.24) is 15.2 Å². The Labute approximate surface area is 127 Å². The number of nitrogens with zero attached hydrogens (tertiary/aromatic N) is 3. The molecule has 1 unspecified atom stereocenters. The van der Waals surface area contributed by atoms with Gasteiger partial charge in [-0.1, -0.05) is 0 Å². The van der Waals surface area contributed by atoms with Crippen LogP contribution in [0, 0.1) is 0 Å². The van der Waals surface area contributed by atoms with Crippen molar-refractivity contribution in [3.05, 3.63) is 11.1 Å². The first-order valence-electron chi connectivity index (χ1n) is 7.88. The Morgan fingerprint density at radius 1 is 1.35 bits per heavy atom. The largest absolute Gasteiger partial charge is 0.349 e. The summed E-state index contributed by atoms with van der Waals surface area (Å²) in [6, 6.07) is 0.548. The lowest BCUT2D eigenvalue weighted by atomic mass is 10.3. The van der Waals surface area contributed by atoms with Gasteiger partial charge in [-0.3, -0.25) is 0 Å². The molecule has 0 aliphatic carbocycles. The Kier molecular flexibility index (Phi) is 6.26. The Morgan fingerprint density at radius 3 is 2.70 bits per heavy atom. The molecular weight excluding hydrogens is 268 g/mol. The predicted octanol–water partition coefficient (Wildman–Crippen LogP) is 2.56. The van der Waals surface area contributed by atoms with Crippen molar-refractivity contribution < 1.29 is 0 Å². The number of hydrogen-bond acceptors (Lipinski definition) is 5. The SMILES string of the molecule is CCN(CC)c1ncc(CNC(C)CN2CCCC2)s1. The summed E-state index contributed by atoms with van der Waals surface area (Å²) in [6.07, 6.45) is 4.76. The maximum Gasteiger partial charge on any atom is 0.185 e. The highest BCUT2D eigenvalue weighted by molar-refractivity contribution is 7.15. The molecule has 1 saturated heterocycles. The summed E-state index contributed by atoms with van der Waals surface area (Å²) in [4.78, 5) is 10.7. The second-order valence-corrected chi connectivity index (χ2v) is 6.66. The van der Waals surface area contributed by atoms with Gasteiger partial charge in [0.25, 0.3) is 0 Å². The molecule has 0 bridgehead atoms. The molecule has 2 heterocycles. The van der Waals surface area contributed by atoms with Gasteiger partial charge in [-0.2, -0.15) is 0 Å². The lowest BCUT2D eigenvalue weighted by Crippen LogP contribution is -2.37. The van der Waals surface area contributed by atoms with Gasteiger partial charge in [-0.05, 0) is 46.7 Å². The minimum Gasteiger partial charge on any atom is -0.349 e. The van der Waals surface area contributed by atoms with E-state index in [4.69, 9.17) is 0 Å².